The summed E-state index contributed by atoms with van der Waals surface area (Å²) in [6.45, 7) is 0. The second kappa shape index (κ2) is 2.47. The van der Waals surface area contributed by atoms with Crippen molar-refractivity contribution >= 4 is 11.9 Å². The zero-order valence-corrected chi connectivity index (χ0v) is 7.70. The number of esters is 2. The molecule has 2 aliphatic carbocycles. The lowest BCUT2D eigenvalue weighted by atomic mass is 10.3. The van der Waals surface area contributed by atoms with Gasteiger partial charge in [-0.3, -0.25) is 9.59 Å². The first kappa shape index (κ1) is 8.53. The van der Waals surface area contributed by atoms with Gasteiger partial charge in [-0.2, -0.15) is 0 Å². The molecule has 72 valence electrons. The summed E-state index contributed by atoms with van der Waals surface area (Å²) in [5.74, 6) is -1.00. The van der Waals surface area contributed by atoms with Crippen LogP contribution in [0.4, 0.5) is 0 Å². The van der Waals surface area contributed by atoms with E-state index in [1.54, 1.807) is 0 Å². The molecular weight excluding hydrogens is 172 g/mol. The summed E-state index contributed by atoms with van der Waals surface area (Å²) in [4.78, 5) is 22.5. The van der Waals surface area contributed by atoms with Crippen LogP contribution in [0.2, 0.25) is 0 Å². The smallest absolute Gasteiger partial charge is 0.310 e. The van der Waals surface area contributed by atoms with Gasteiger partial charge in [0.05, 0.1) is 26.1 Å². The summed E-state index contributed by atoms with van der Waals surface area (Å²) in [5.41, 5.74) is -0.0693. The molecule has 13 heavy (non-hydrogen) atoms. The quantitative estimate of drug-likeness (QED) is 0.581. The van der Waals surface area contributed by atoms with E-state index in [-0.39, 0.29) is 29.2 Å². The third-order valence-corrected chi connectivity index (χ3v) is 3.20. The number of hydrogen-bond donors (Lipinski definition) is 0. The molecule has 2 aliphatic rings. The molecule has 0 unspecified atom stereocenters. The van der Waals surface area contributed by atoms with Crippen molar-refractivity contribution in [3.8, 4) is 0 Å². The van der Waals surface area contributed by atoms with Crippen LogP contribution in [0.5, 0.6) is 0 Å². The van der Waals surface area contributed by atoms with E-state index >= 15 is 0 Å². The molecule has 2 fully saturated rings. The Labute approximate surface area is 76.2 Å². The Balaban J connectivity index is 2.08. The van der Waals surface area contributed by atoms with Crippen LogP contribution in [0.1, 0.15) is 12.8 Å². The van der Waals surface area contributed by atoms with Crippen LogP contribution in [0.25, 0.3) is 0 Å². The zero-order valence-electron chi connectivity index (χ0n) is 7.70. The van der Waals surface area contributed by atoms with Crippen molar-refractivity contribution in [1.29, 1.82) is 0 Å². The van der Waals surface area contributed by atoms with Gasteiger partial charge in [0.2, 0.25) is 0 Å². The zero-order chi connectivity index (χ0) is 9.64. The Morgan fingerprint density at radius 1 is 1.08 bits per heavy atom. The van der Waals surface area contributed by atoms with Gasteiger partial charge in [-0.1, -0.05) is 0 Å². The molecule has 0 aromatic carbocycles. The highest BCUT2D eigenvalue weighted by molar-refractivity contribution is 5.90. The van der Waals surface area contributed by atoms with E-state index in [9.17, 15) is 9.59 Å². The van der Waals surface area contributed by atoms with Crippen molar-refractivity contribution in [2.75, 3.05) is 14.2 Å². The van der Waals surface area contributed by atoms with Crippen LogP contribution < -0.4 is 0 Å². The molecule has 0 bridgehead atoms. The van der Waals surface area contributed by atoms with Crippen LogP contribution >= 0.6 is 0 Å². The highest BCUT2D eigenvalue weighted by Crippen LogP contribution is 2.75. The fraction of sp³-hybridized carbons (Fsp3) is 0.778. The Kier molecular flexibility index (Phi) is 1.62. The van der Waals surface area contributed by atoms with Crippen LogP contribution in [-0.4, -0.2) is 26.2 Å². The fourth-order valence-electron chi connectivity index (χ4n) is 2.25. The van der Waals surface area contributed by atoms with Crippen LogP contribution in [0, 0.1) is 17.3 Å². The van der Waals surface area contributed by atoms with Crippen LogP contribution in [0.3, 0.4) is 0 Å². The minimum Gasteiger partial charge on any atom is -0.469 e. The van der Waals surface area contributed by atoms with E-state index in [4.69, 9.17) is 0 Å². The number of methoxy groups -OCH3 is 2. The lowest BCUT2D eigenvalue weighted by molar-refractivity contribution is -0.148. The summed E-state index contributed by atoms with van der Waals surface area (Å²) in [7, 11) is 2.70. The van der Waals surface area contributed by atoms with Gasteiger partial charge in [0.15, 0.2) is 0 Å². The fourth-order valence-corrected chi connectivity index (χ4v) is 2.25. The lowest BCUT2D eigenvalue weighted by Gasteiger charge is -1.95. The van der Waals surface area contributed by atoms with E-state index in [1.807, 2.05) is 0 Å². The maximum Gasteiger partial charge on any atom is 0.310 e. The van der Waals surface area contributed by atoms with Gasteiger partial charge in [0, 0.05) is 0 Å². The SMILES string of the molecule is COC(=O)[C@@H]1[C@@H](C(=O)OC)C12CC2. The Bertz CT molecular complexity index is 243. The molecule has 2 saturated carbocycles. The van der Waals surface area contributed by atoms with Crippen molar-refractivity contribution in [3.63, 3.8) is 0 Å². The predicted molar refractivity (Wildman–Crippen MR) is 42.7 cm³/mol. The largest absolute Gasteiger partial charge is 0.469 e. The van der Waals surface area contributed by atoms with E-state index in [1.165, 1.54) is 14.2 Å². The predicted octanol–water partition coefficient (Wildman–Crippen LogP) is 0.359. The molecule has 4 nitrogen and oxygen atoms in total. The number of carbonyl (C=O) groups excluding carboxylic acids is 2. The van der Waals surface area contributed by atoms with Gasteiger partial charge in [-0.15, -0.1) is 0 Å². The van der Waals surface area contributed by atoms with E-state index in [0.717, 1.165) is 12.8 Å². The van der Waals surface area contributed by atoms with Crippen molar-refractivity contribution < 1.29 is 19.1 Å². The minimum absolute atomic E-state index is 0.0693. The second-order valence-corrected chi connectivity index (χ2v) is 3.73. The molecule has 1 spiro atoms. The summed E-state index contributed by atoms with van der Waals surface area (Å²) in [6.07, 6.45) is 1.90. The molecule has 0 heterocycles. The molecule has 0 saturated heterocycles. The normalized spacial score (nSPS) is 32.5. The van der Waals surface area contributed by atoms with E-state index in [2.05, 4.69) is 9.47 Å². The highest BCUT2D eigenvalue weighted by atomic mass is 16.5. The van der Waals surface area contributed by atoms with Gasteiger partial charge < -0.3 is 9.47 Å². The summed E-state index contributed by atoms with van der Waals surface area (Å²) < 4.78 is 9.26. The van der Waals surface area contributed by atoms with Crippen molar-refractivity contribution in [1.82, 2.24) is 0 Å². The molecular formula is C9H12O4. The summed E-state index contributed by atoms with van der Waals surface area (Å²) >= 11 is 0. The standard InChI is InChI=1S/C9H12O4/c1-12-7(10)5-6(8(11)13-2)9(5)3-4-9/h5-6H,3-4H2,1-2H3/t5-,6-/m0/s1. The molecule has 0 aromatic heterocycles. The molecule has 4 heteroatoms. The highest BCUT2D eigenvalue weighted by Gasteiger charge is 2.78. The van der Waals surface area contributed by atoms with Gasteiger partial charge in [0.1, 0.15) is 0 Å². The lowest BCUT2D eigenvalue weighted by Crippen LogP contribution is -2.10. The molecule has 2 rings (SSSR count). The first-order valence-electron chi connectivity index (χ1n) is 4.33. The van der Waals surface area contributed by atoms with Crippen LogP contribution in [-0.2, 0) is 19.1 Å². The molecule has 2 atom stereocenters. The molecule has 0 N–H and O–H groups in total. The van der Waals surface area contributed by atoms with Gasteiger partial charge in [0.25, 0.3) is 0 Å². The van der Waals surface area contributed by atoms with Crippen molar-refractivity contribution in [2.24, 2.45) is 17.3 Å². The number of hydrogen-bond acceptors (Lipinski definition) is 4. The van der Waals surface area contributed by atoms with Crippen molar-refractivity contribution in [2.45, 2.75) is 12.8 Å². The number of ether oxygens (including phenoxy) is 2. The molecule has 0 amide bonds. The molecule has 0 aromatic rings. The molecule has 0 radical (unpaired) electrons. The number of carbonyl (C=O) groups is 2. The Hall–Kier alpha value is -1.06. The Morgan fingerprint density at radius 2 is 1.46 bits per heavy atom. The average Bonchev–Trinajstić information content (AvgIpc) is 3.04. The third kappa shape index (κ3) is 0.975. The van der Waals surface area contributed by atoms with Gasteiger partial charge in [-0.25, -0.2) is 0 Å². The maximum absolute atomic E-state index is 11.2. The first-order valence-corrected chi connectivity index (χ1v) is 4.33. The summed E-state index contributed by atoms with van der Waals surface area (Å²) in [5, 5.41) is 0. The van der Waals surface area contributed by atoms with Crippen LogP contribution in [0.15, 0.2) is 0 Å². The first-order chi connectivity index (χ1) is 6.17. The summed E-state index contributed by atoms with van der Waals surface area (Å²) in [6, 6.07) is 0. The van der Waals surface area contributed by atoms with E-state index in [0.29, 0.717) is 0 Å². The van der Waals surface area contributed by atoms with Crippen molar-refractivity contribution in [3.05, 3.63) is 0 Å². The third-order valence-electron chi connectivity index (χ3n) is 3.20. The maximum atomic E-state index is 11.2. The van der Waals surface area contributed by atoms with Gasteiger partial charge in [-0.05, 0) is 18.3 Å². The second-order valence-electron chi connectivity index (χ2n) is 3.73. The van der Waals surface area contributed by atoms with E-state index < -0.39 is 0 Å². The Morgan fingerprint density at radius 3 is 1.69 bits per heavy atom. The molecule has 0 aliphatic heterocycles. The topological polar surface area (TPSA) is 52.6 Å². The number of rotatable bonds is 2. The average molecular weight is 184 g/mol. The monoisotopic (exact) mass is 184 g/mol. The van der Waals surface area contributed by atoms with Gasteiger partial charge >= 0.3 is 11.9 Å². The minimum atomic E-state index is -0.270.